The van der Waals surface area contributed by atoms with E-state index >= 15 is 0 Å². The lowest BCUT2D eigenvalue weighted by Gasteiger charge is -2.30. The summed E-state index contributed by atoms with van der Waals surface area (Å²) in [4.78, 5) is 27.4. The molecule has 0 bridgehead atoms. The minimum absolute atomic E-state index is 0.209. The maximum absolute atomic E-state index is 11.9. The van der Waals surface area contributed by atoms with E-state index in [2.05, 4.69) is 10.3 Å². The number of rotatable bonds is 5. The van der Waals surface area contributed by atoms with Crippen LogP contribution in [-0.4, -0.2) is 34.7 Å². The van der Waals surface area contributed by atoms with Gasteiger partial charge >= 0.3 is 11.9 Å². The van der Waals surface area contributed by atoms with Crippen molar-refractivity contribution in [2.75, 3.05) is 11.9 Å². The van der Waals surface area contributed by atoms with Gasteiger partial charge in [0.15, 0.2) is 0 Å². The summed E-state index contributed by atoms with van der Waals surface area (Å²) in [6.45, 7) is 2.03. The van der Waals surface area contributed by atoms with Gasteiger partial charge in [0.1, 0.15) is 11.4 Å². The molecule has 2 N–H and O–H groups in total. The van der Waals surface area contributed by atoms with E-state index in [1.165, 1.54) is 0 Å². The molecule has 1 fully saturated rings. The van der Waals surface area contributed by atoms with E-state index < -0.39 is 17.9 Å². The first kappa shape index (κ1) is 15.3. The van der Waals surface area contributed by atoms with Gasteiger partial charge in [-0.05, 0) is 31.9 Å². The molecule has 1 aliphatic carbocycles. The number of hydrogen-bond acceptors (Lipinski definition) is 5. The number of anilines is 1. The molecule has 6 nitrogen and oxygen atoms in total. The van der Waals surface area contributed by atoms with Crippen LogP contribution in [-0.2, 0) is 9.53 Å². The average Bonchev–Trinajstić information content (AvgIpc) is 2.48. The number of carbonyl (C=O) groups excluding carboxylic acids is 1. The fourth-order valence-corrected chi connectivity index (χ4v) is 2.67. The van der Waals surface area contributed by atoms with Crippen LogP contribution >= 0.6 is 0 Å². The maximum Gasteiger partial charge on any atom is 0.341 e. The molecular formula is C15H20N2O4. The Morgan fingerprint density at radius 1 is 1.43 bits per heavy atom. The zero-order chi connectivity index (χ0) is 15.2. The highest BCUT2D eigenvalue weighted by molar-refractivity contribution is 5.94. The van der Waals surface area contributed by atoms with E-state index in [4.69, 9.17) is 4.74 Å². The minimum Gasteiger partial charge on any atom is -0.481 e. The molecule has 1 aliphatic rings. The van der Waals surface area contributed by atoms with Gasteiger partial charge in [-0.15, -0.1) is 0 Å². The Hall–Kier alpha value is -2.11. The molecule has 1 heterocycles. The molecule has 0 aliphatic heterocycles. The first-order valence-corrected chi connectivity index (χ1v) is 7.25. The van der Waals surface area contributed by atoms with Crippen molar-refractivity contribution in [3.05, 3.63) is 23.9 Å². The molecule has 1 aromatic heterocycles. The molecule has 0 amide bonds. The molecule has 0 radical (unpaired) electrons. The van der Waals surface area contributed by atoms with Gasteiger partial charge in [0.05, 0.1) is 12.5 Å². The van der Waals surface area contributed by atoms with Crippen LogP contribution in [0.15, 0.2) is 18.3 Å². The molecule has 2 unspecified atom stereocenters. The third kappa shape index (κ3) is 3.71. The van der Waals surface area contributed by atoms with Crippen LogP contribution in [0.3, 0.4) is 0 Å². The first-order valence-electron chi connectivity index (χ1n) is 7.25. The van der Waals surface area contributed by atoms with Crippen molar-refractivity contribution in [2.24, 2.45) is 5.92 Å². The number of nitrogens with one attached hydrogen (secondary N) is 1. The molecule has 21 heavy (non-hydrogen) atoms. The van der Waals surface area contributed by atoms with Crippen LogP contribution in [0.25, 0.3) is 0 Å². The second kappa shape index (κ2) is 7.06. The fraction of sp³-hybridized carbons (Fsp3) is 0.533. The van der Waals surface area contributed by atoms with Gasteiger partial charge in [-0.1, -0.05) is 12.8 Å². The second-order valence-corrected chi connectivity index (χ2v) is 5.10. The lowest BCUT2D eigenvalue weighted by Crippen LogP contribution is -2.37. The van der Waals surface area contributed by atoms with E-state index in [0.717, 1.165) is 19.3 Å². The smallest absolute Gasteiger partial charge is 0.341 e. The molecule has 1 saturated carbocycles. The molecule has 2 atom stereocenters. The SMILES string of the molecule is CCOC(=O)c1cccnc1NC1CCCCC1C(=O)O. The fourth-order valence-electron chi connectivity index (χ4n) is 2.67. The molecule has 1 aromatic rings. The van der Waals surface area contributed by atoms with Gasteiger partial charge in [0, 0.05) is 12.2 Å². The van der Waals surface area contributed by atoms with Crippen LogP contribution in [0.1, 0.15) is 43.0 Å². The Kier molecular flexibility index (Phi) is 5.14. The molecule has 0 aromatic carbocycles. The van der Waals surface area contributed by atoms with Crippen molar-refractivity contribution in [3.63, 3.8) is 0 Å². The van der Waals surface area contributed by atoms with Gasteiger partial charge in [-0.3, -0.25) is 4.79 Å². The monoisotopic (exact) mass is 292 g/mol. The molecule has 114 valence electrons. The highest BCUT2D eigenvalue weighted by atomic mass is 16.5. The summed E-state index contributed by atoms with van der Waals surface area (Å²) in [5.41, 5.74) is 0.342. The number of aliphatic carboxylic acids is 1. The topological polar surface area (TPSA) is 88.5 Å². The number of carboxylic acids is 1. The van der Waals surface area contributed by atoms with Gasteiger partial charge < -0.3 is 15.2 Å². The van der Waals surface area contributed by atoms with Gasteiger partial charge in [-0.2, -0.15) is 0 Å². The largest absolute Gasteiger partial charge is 0.481 e. The highest BCUT2D eigenvalue weighted by Gasteiger charge is 2.31. The molecular weight excluding hydrogens is 272 g/mol. The molecule has 0 saturated heterocycles. The van der Waals surface area contributed by atoms with Gasteiger partial charge in [-0.25, -0.2) is 9.78 Å². The van der Waals surface area contributed by atoms with E-state index in [0.29, 0.717) is 17.8 Å². The average molecular weight is 292 g/mol. The number of esters is 1. The van der Waals surface area contributed by atoms with Crippen molar-refractivity contribution in [1.82, 2.24) is 4.98 Å². The Morgan fingerprint density at radius 2 is 2.19 bits per heavy atom. The highest BCUT2D eigenvalue weighted by Crippen LogP contribution is 2.28. The number of ether oxygens (including phenoxy) is 1. The first-order chi connectivity index (χ1) is 10.1. The molecule has 6 heteroatoms. The van der Waals surface area contributed by atoms with Gasteiger partial charge in [0.2, 0.25) is 0 Å². The van der Waals surface area contributed by atoms with Crippen LogP contribution in [0, 0.1) is 5.92 Å². The Labute approximate surface area is 123 Å². The number of carboxylic acid groups (broad SMARTS) is 1. The van der Waals surface area contributed by atoms with Crippen LogP contribution < -0.4 is 5.32 Å². The third-order valence-electron chi connectivity index (χ3n) is 3.71. The molecule has 2 rings (SSSR count). The third-order valence-corrected chi connectivity index (χ3v) is 3.71. The van der Waals surface area contributed by atoms with Crippen molar-refractivity contribution in [3.8, 4) is 0 Å². The summed E-state index contributed by atoms with van der Waals surface area (Å²) < 4.78 is 5.00. The van der Waals surface area contributed by atoms with E-state index in [-0.39, 0.29) is 12.6 Å². The van der Waals surface area contributed by atoms with Crippen LogP contribution in [0.5, 0.6) is 0 Å². The summed E-state index contributed by atoms with van der Waals surface area (Å²) >= 11 is 0. The summed E-state index contributed by atoms with van der Waals surface area (Å²) in [5, 5.41) is 12.4. The number of aromatic nitrogens is 1. The van der Waals surface area contributed by atoms with Crippen molar-refractivity contribution >= 4 is 17.8 Å². The Balaban J connectivity index is 2.18. The predicted octanol–water partition coefficient (Wildman–Crippen LogP) is 2.31. The summed E-state index contributed by atoms with van der Waals surface area (Å²) in [6.07, 6.45) is 4.87. The van der Waals surface area contributed by atoms with Crippen molar-refractivity contribution in [2.45, 2.75) is 38.6 Å². The lowest BCUT2D eigenvalue weighted by molar-refractivity contribution is -0.143. The van der Waals surface area contributed by atoms with E-state index in [9.17, 15) is 14.7 Å². The number of carbonyl (C=O) groups is 2. The number of pyridine rings is 1. The van der Waals surface area contributed by atoms with Crippen LogP contribution in [0.4, 0.5) is 5.82 Å². The minimum atomic E-state index is -0.805. The number of hydrogen-bond donors (Lipinski definition) is 2. The normalized spacial score (nSPS) is 21.6. The van der Waals surface area contributed by atoms with E-state index in [1.54, 1.807) is 25.3 Å². The van der Waals surface area contributed by atoms with E-state index in [1.807, 2.05) is 0 Å². The Morgan fingerprint density at radius 3 is 2.90 bits per heavy atom. The van der Waals surface area contributed by atoms with Crippen molar-refractivity contribution < 1.29 is 19.4 Å². The number of nitrogens with zero attached hydrogens (tertiary/aromatic N) is 1. The summed E-state index contributed by atoms with van der Waals surface area (Å²) in [6, 6.07) is 3.08. The summed E-state index contributed by atoms with van der Waals surface area (Å²) in [5.74, 6) is -1.30. The Bertz CT molecular complexity index is 518. The second-order valence-electron chi connectivity index (χ2n) is 5.10. The standard InChI is InChI=1S/C15H20N2O4/c1-2-21-15(20)11-7-5-9-16-13(11)17-12-8-4-3-6-10(12)14(18)19/h5,7,9-10,12H,2-4,6,8H2,1H3,(H,16,17)(H,18,19). The zero-order valence-electron chi connectivity index (χ0n) is 12.0. The quantitative estimate of drug-likeness (QED) is 0.810. The van der Waals surface area contributed by atoms with Crippen molar-refractivity contribution in [1.29, 1.82) is 0 Å². The van der Waals surface area contributed by atoms with Crippen LogP contribution in [0.2, 0.25) is 0 Å². The molecule has 0 spiro atoms. The summed E-state index contributed by atoms with van der Waals surface area (Å²) in [7, 11) is 0. The zero-order valence-corrected chi connectivity index (χ0v) is 12.0. The maximum atomic E-state index is 11.9. The lowest BCUT2D eigenvalue weighted by atomic mass is 9.84. The predicted molar refractivity (Wildman–Crippen MR) is 77.2 cm³/mol. The van der Waals surface area contributed by atoms with Gasteiger partial charge in [0.25, 0.3) is 0 Å².